The van der Waals surface area contributed by atoms with Crippen LogP contribution in [0.25, 0.3) is 0 Å². The maximum absolute atomic E-state index is 11.8. The van der Waals surface area contributed by atoms with Gasteiger partial charge in [-0.05, 0) is 59.7 Å². The molecule has 0 aliphatic rings. The van der Waals surface area contributed by atoms with E-state index in [1.807, 2.05) is 41.4 Å². The highest BCUT2D eigenvalue weighted by Gasteiger charge is 2.03. The van der Waals surface area contributed by atoms with E-state index in [-0.39, 0.29) is 5.91 Å². The summed E-state index contributed by atoms with van der Waals surface area (Å²) >= 11 is 2.23. The summed E-state index contributed by atoms with van der Waals surface area (Å²) in [5.74, 6) is -0.000897. The van der Waals surface area contributed by atoms with Crippen LogP contribution in [0.4, 0.5) is 0 Å². The molecule has 2 aromatic rings. The molecule has 1 aromatic heterocycles. The van der Waals surface area contributed by atoms with E-state index in [4.69, 9.17) is 0 Å². The largest absolute Gasteiger partial charge is 0.352 e. The Morgan fingerprint density at radius 3 is 2.74 bits per heavy atom. The smallest absolute Gasteiger partial charge is 0.251 e. The second-order valence-corrected chi connectivity index (χ2v) is 5.52. The molecule has 0 unspecified atom stereocenters. The highest BCUT2D eigenvalue weighted by atomic mass is 127. The first-order chi connectivity index (χ1) is 9.25. The lowest BCUT2D eigenvalue weighted by atomic mass is 10.2. The van der Waals surface area contributed by atoms with Crippen LogP contribution in [0.2, 0.25) is 0 Å². The third kappa shape index (κ3) is 4.66. The third-order valence-corrected chi connectivity index (χ3v) is 3.51. The van der Waals surface area contributed by atoms with E-state index in [2.05, 4.69) is 32.9 Å². The number of carbonyl (C=O) groups excluding carboxylic acids is 1. The summed E-state index contributed by atoms with van der Waals surface area (Å²) in [7, 11) is 0. The molecule has 1 N–H and O–H groups in total. The zero-order chi connectivity index (χ0) is 13.5. The van der Waals surface area contributed by atoms with E-state index in [1.54, 1.807) is 6.20 Å². The van der Waals surface area contributed by atoms with Crippen molar-refractivity contribution in [3.8, 4) is 0 Å². The number of aryl methyl sites for hydroxylation is 1. The molecule has 0 atom stereocenters. The third-order valence-electron chi connectivity index (χ3n) is 2.79. The highest BCUT2D eigenvalue weighted by molar-refractivity contribution is 14.1. The minimum absolute atomic E-state index is 0.000897. The van der Waals surface area contributed by atoms with Gasteiger partial charge >= 0.3 is 0 Å². The predicted molar refractivity (Wildman–Crippen MR) is 83.0 cm³/mol. The molecule has 0 bridgehead atoms. The van der Waals surface area contributed by atoms with Crippen LogP contribution in [-0.4, -0.2) is 22.0 Å². The topological polar surface area (TPSA) is 46.9 Å². The summed E-state index contributed by atoms with van der Waals surface area (Å²) in [6.07, 6.45) is 7.53. The molecule has 100 valence electrons. The molecule has 1 amide bonds. The lowest BCUT2D eigenvalue weighted by Gasteiger charge is -2.06. The molecule has 1 aromatic carbocycles. The number of amides is 1. The highest BCUT2D eigenvalue weighted by Crippen LogP contribution is 2.06. The van der Waals surface area contributed by atoms with E-state index in [1.165, 1.54) is 0 Å². The average Bonchev–Trinajstić information content (AvgIpc) is 2.92. The van der Waals surface area contributed by atoms with Crippen LogP contribution in [0, 0.1) is 3.57 Å². The second-order valence-electron chi connectivity index (χ2n) is 4.27. The maximum Gasteiger partial charge on any atom is 0.251 e. The van der Waals surface area contributed by atoms with Crippen molar-refractivity contribution in [3.05, 3.63) is 52.1 Å². The second kappa shape index (κ2) is 7.28. The molecular formula is C14H16IN3O. The van der Waals surface area contributed by atoms with Crippen molar-refractivity contribution in [1.29, 1.82) is 0 Å². The normalized spacial score (nSPS) is 10.4. The van der Waals surface area contributed by atoms with Gasteiger partial charge in [0.1, 0.15) is 0 Å². The van der Waals surface area contributed by atoms with Gasteiger partial charge in [0.2, 0.25) is 0 Å². The van der Waals surface area contributed by atoms with Crippen LogP contribution in [0.5, 0.6) is 0 Å². The summed E-state index contributed by atoms with van der Waals surface area (Å²) in [5.41, 5.74) is 0.718. The minimum Gasteiger partial charge on any atom is -0.352 e. The molecule has 0 saturated carbocycles. The number of imidazole rings is 1. The molecule has 0 radical (unpaired) electrons. The predicted octanol–water partition coefficient (Wildman–Crippen LogP) is 2.70. The number of aromatic nitrogens is 2. The molecule has 0 fully saturated rings. The van der Waals surface area contributed by atoms with Crippen LogP contribution < -0.4 is 5.32 Å². The molecule has 2 rings (SSSR count). The van der Waals surface area contributed by atoms with E-state index in [0.717, 1.165) is 28.5 Å². The Kier molecular flexibility index (Phi) is 5.38. The quantitative estimate of drug-likeness (QED) is 0.629. The van der Waals surface area contributed by atoms with Gasteiger partial charge in [0.15, 0.2) is 0 Å². The standard InChI is InChI=1S/C14H16IN3O/c15-13-5-3-12(4-6-13)14(19)17-7-1-2-9-18-10-8-16-11-18/h3-6,8,10-11H,1-2,7,9H2,(H,17,19). The molecule has 0 spiro atoms. The summed E-state index contributed by atoms with van der Waals surface area (Å²) in [6, 6.07) is 7.58. The van der Waals surface area contributed by atoms with E-state index < -0.39 is 0 Å². The number of nitrogens with one attached hydrogen (secondary N) is 1. The summed E-state index contributed by atoms with van der Waals surface area (Å²) in [6.45, 7) is 1.65. The Morgan fingerprint density at radius 1 is 1.26 bits per heavy atom. The lowest BCUT2D eigenvalue weighted by molar-refractivity contribution is 0.0953. The number of hydrogen-bond acceptors (Lipinski definition) is 2. The zero-order valence-corrected chi connectivity index (χ0v) is 12.7. The van der Waals surface area contributed by atoms with Gasteiger partial charge in [-0.2, -0.15) is 0 Å². The van der Waals surface area contributed by atoms with E-state index >= 15 is 0 Å². The van der Waals surface area contributed by atoms with Gasteiger partial charge in [-0.1, -0.05) is 0 Å². The minimum atomic E-state index is -0.000897. The number of benzene rings is 1. The number of nitrogens with zero attached hydrogens (tertiary/aromatic N) is 2. The molecule has 1 heterocycles. The number of halogens is 1. The molecule has 5 heteroatoms. The van der Waals surface area contributed by atoms with Gasteiger partial charge in [-0.25, -0.2) is 4.98 Å². The fourth-order valence-corrected chi connectivity index (χ4v) is 2.10. The Morgan fingerprint density at radius 2 is 2.05 bits per heavy atom. The van der Waals surface area contributed by atoms with Gasteiger partial charge < -0.3 is 9.88 Å². The Hall–Kier alpha value is -1.37. The van der Waals surface area contributed by atoms with E-state index in [9.17, 15) is 4.79 Å². The number of unbranched alkanes of at least 4 members (excludes halogenated alkanes) is 1. The van der Waals surface area contributed by atoms with Crippen molar-refractivity contribution < 1.29 is 4.79 Å². The van der Waals surface area contributed by atoms with Crippen LogP contribution in [0.1, 0.15) is 23.2 Å². The van der Waals surface area contributed by atoms with Gasteiger partial charge in [0, 0.05) is 34.6 Å². The molecular weight excluding hydrogens is 353 g/mol. The van der Waals surface area contributed by atoms with Crippen molar-refractivity contribution in [2.75, 3.05) is 6.54 Å². The van der Waals surface area contributed by atoms with Gasteiger partial charge in [-0.3, -0.25) is 4.79 Å². The summed E-state index contributed by atoms with van der Waals surface area (Å²) in [5, 5.41) is 2.93. The first kappa shape index (κ1) is 14.0. The fourth-order valence-electron chi connectivity index (χ4n) is 1.74. The SMILES string of the molecule is O=C(NCCCCn1ccnc1)c1ccc(I)cc1. The monoisotopic (exact) mass is 369 g/mol. The Labute approximate surface area is 126 Å². The van der Waals surface area contributed by atoms with Crippen molar-refractivity contribution >= 4 is 28.5 Å². The van der Waals surface area contributed by atoms with Gasteiger partial charge in [-0.15, -0.1) is 0 Å². The maximum atomic E-state index is 11.8. The van der Waals surface area contributed by atoms with Gasteiger partial charge in [0.25, 0.3) is 5.91 Å². The Balaban J connectivity index is 1.65. The fraction of sp³-hybridized carbons (Fsp3) is 0.286. The van der Waals surface area contributed by atoms with Gasteiger partial charge in [0.05, 0.1) is 6.33 Å². The molecule has 0 saturated heterocycles. The first-order valence-electron chi connectivity index (χ1n) is 6.25. The van der Waals surface area contributed by atoms with Crippen LogP contribution >= 0.6 is 22.6 Å². The zero-order valence-electron chi connectivity index (χ0n) is 10.6. The first-order valence-corrected chi connectivity index (χ1v) is 7.33. The van der Waals surface area contributed by atoms with E-state index in [0.29, 0.717) is 6.54 Å². The van der Waals surface area contributed by atoms with Crippen molar-refractivity contribution in [2.45, 2.75) is 19.4 Å². The summed E-state index contributed by atoms with van der Waals surface area (Å²) < 4.78 is 3.18. The van der Waals surface area contributed by atoms with Crippen molar-refractivity contribution in [1.82, 2.24) is 14.9 Å². The number of hydrogen-bond donors (Lipinski definition) is 1. The Bertz CT molecular complexity index is 508. The van der Waals surface area contributed by atoms with Crippen molar-refractivity contribution in [3.63, 3.8) is 0 Å². The molecule has 0 aliphatic carbocycles. The van der Waals surface area contributed by atoms with Crippen molar-refractivity contribution in [2.24, 2.45) is 0 Å². The van der Waals surface area contributed by atoms with Crippen LogP contribution in [0.3, 0.4) is 0 Å². The van der Waals surface area contributed by atoms with Crippen LogP contribution in [-0.2, 0) is 6.54 Å². The number of rotatable bonds is 6. The summed E-state index contributed by atoms with van der Waals surface area (Å²) in [4.78, 5) is 15.8. The molecule has 4 nitrogen and oxygen atoms in total. The number of carbonyl (C=O) groups is 1. The molecule has 0 aliphatic heterocycles. The average molecular weight is 369 g/mol. The molecule has 19 heavy (non-hydrogen) atoms. The lowest BCUT2D eigenvalue weighted by Crippen LogP contribution is -2.24. The van der Waals surface area contributed by atoms with Crippen LogP contribution in [0.15, 0.2) is 43.0 Å².